The van der Waals surface area contributed by atoms with Crippen LogP contribution >= 0.6 is 0 Å². The molecule has 17 heavy (non-hydrogen) atoms. The Morgan fingerprint density at radius 3 is 2.47 bits per heavy atom. The van der Waals surface area contributed by atoms with Crippen LogP contribution in [0.3, 0.4) is 0 Å². The van der Waals surface area contributed by atoms with Crippen LogP contribution in [0.2, 0.25) is 0 Å². The second kappa shape index (κ2) is 5.64. The van der Waals surface area contributed by atoms with E-state index in [0.717, 1.165) is 0 Å². The van der Waals surface area contributed by atoms with E-state index in [1.165, 1.54) is 10.8 Å². The molecule has 0 bridgehead atoms. The number of pyridine rings is 1. The Hall–Kier alpha value is -1.61. The van der Waals surface area contributed by atoms with Crippen molar-refractivity contribution in [1.82, 2.24) is 4.98 Å². The van der Waals surface area contributed by atoms with Crippen molar-refractivity contribution < 1.29 is 4.74 Å². The van der Waals surface area contributed by atoms with Crippen LogP contribution in [0.1, 0.15) is 18.0 Å². The molecule has 0 spiro atoms. The van der Waals surface area contributed by atoms with Crippen LogP contribution in [-0.4, -0.2) is 21.6 Å². The Kier molecular flexibility index (Phi) is 3.93. The van der Waals surface area contributed by atoms with Crippen molar-refractivity contribution in [2.75, 3.05) is 7.11 Å². The standard InChI is InChI=1S/C14H17NOSi/c1-11(17-13-6-4-3-5-7-13)12-8-9-14(16-2)15-10-12/h3-11H,17H2,1-2H3/t11-/m0/s1. The van der Waals surface area contributed by atoms with Gasteiger partial charge in [0.25, 0.3) is 0 Å². The number of aromatic nitrogens is 1. The molecule has 0 amide bonds. The molecule has 2 aromatic rings. The third kappa shape index (κ3) is 3.17. The molecule has 0 aliphatic rings. The van der Waals surface area contributed by atoms with Gasteiger partial charge in [-0.1, -0.05) is 48.5 Å². The van der Waals surface area contributed by atoms with Crippen LogP contribution in [0, 0.1) is 0 Å². The van der Waals surface area contributed by atoms with Gasteiger partial charge in [-0.3, -0.25) is 0 Å². The molecule has 0 aliphatic carbocycles. The van der Waals surface area contributed by atoms with Crippen molar-refractivity contribution in [2.45, 2.75) is 12.5 Å². The van der Waals surface area contributed by atoms with E-state index < -0.39 is 0 Å². The normalized spacial score (nSPS) is 12.8. The van der Waals surface area contributed by atoms with Crippen molar-refractivity contribution in [3.63, 3.8) is 0 Å². The van der Waals surface area contributed by atoms with E-state index in [1.807, 2.05) is 12.3 Å². The first-order valence-corrected chi connectivity index (χ1v) is 7.36. The van der Waals surface area contributed by atoms with Gasteiger partial charge in [-0.15, -0.1) is 0 Å². The quantitative estimate of drug-likeness (QED) is 0.762. The summed E-state index contributed by atoms with van der Waals surface area (Å²) in [5.74, 6) is 0.683. The van der Waals surface area contributed by atoms with Crippen LogP contribution in [-0.2, 0) is 0 Å². The summed E-state index contributed by atoms with van der Waals surface area (Å²) in [6.07, 6.45) is 1.93. The van der Waals surface area contributed by atoms with Gasteiger partial charge in [-0.2, -0.15) is 0 Å². The topological polar surface area (TPSA) is 22.1 Å². The molecular formula is C14H17NOSi. The molecule has 0 saturated carbocycles. The number of benzene rings is 1. The Morgan fingerprint density at radius 2 is 1.88 bits per heavy atom. The first-order chi connectivity index (χ1) is 8.29. The molecule has 2 nitrogen and oxygen atoms in total. The van der Waals surface area contributed by atoms with E-state index in [1.54, 1.807) is 7.11 Å². The predicted octanol–water partition coefficient (Wildman–Crippen LogP) is 1.65. The molecule has 1 atom stereocenters. The van der Waals surface area contributed by atoms with Crippen molar-refractivity contribution in [1.29, 1.82) is 0 Å². The second-order valence-corrected chi connectivity index (χ2v) is 6.67. The summed E-state index contributed by atoms with van der Waals surface area (Å²) in [4.78, 5) is 4.26. The molecule has 0 N–H and O–H groups in total. The smallest absolute Gasteiger partial charge is 0.212 e. The maximum Gasteiger partial charge on any atom is 0.212 e. The van der Waals surface area contributed by atoms with Gasteiger partial charge in [0.05, 0.1) is 16.6 Å². The molecule has 1 aromatic heterocycles. The summed E-state index contributed by atoms with van der Waals surface area (Å²) in [6.45, 7) is 2.28. The SMILES string of the molecule is COc1ccc([C@H](C)[SiH2]c2ccccc2)cn1. The summed E-state index contributed by atoms with van der Waals surface area (Å²) in [6, 6.07) is 14.8. The van der Waals surface area contributed by atoms with Gasteiger partial charge >= 0.3 is 0 Å². The van der Waals surface area contributed by atoms with E-state index in [4.69, 9.17) is 4.74 Å². The number of ether oxygens (including phenoxy) is 1. The Balaban J connectivity index is 2.06. The maximum atomic E-state index is 5.07. The minimum absolute atomic E-state index is 0.285. The van der Waals surface area contributed by atoms with Gasteiger partial charge in [-0.25, -0.2) is 4.98 Å². The number of methoxy groups -OCH3 is 1. The fourth-order valence-electron chi connectivity index (χ4n) is 1.89. The van der Waals surface area contributed by atoms with E-state index >= 15 is 0 Å². The van der Waals surface area contributed by atoms with Crippen molar-refractivity contribution >= 4 is 14.7 Å². The van der Waals surface area contributed by atoms with E-state index in [0.29, 0.717) is 11.4 Å². The summed E-state index contributed by atoms with van der Waals surface area (Å²) >= 11 is 0. The zero-order valence-electron chi connectivity index (χ0n) is 10.3. The molecule has 2 rings (SSSR count). The summed E-state index contributed by atoms with van der Waals surface area (Å²) < 4.78 is 5.07. The fourth-order valence-corrected chi connectivity index (χ4v) is 3.62. The van der Waals surface area contributed by atoms with Gasteiger partial charge in [0, 0.05) is 12.3 Å². The molecule has 0 saturated heterocycles. The van der Waals surface area contributed by atoms with Gasteiger partial charge in [0.15, 0.2) is 0 Å². The third-order valence-electron chi connectivity index (χ3n) is 2.92. The monoisotopic (exact) mass is 243 g/mol. The van der Waals surface area contributed by atoms with E-state index in [9.17, 15) is 0 Å². The van der Waals surface area contributed by atoms with Gasteiger partial charge < -0.3 is 4.74 Å². The molecule has 1 aromatic carbocycles. The van der Waals surface area contributed by atoms with Crippen LogP contribution in [0.15, 0.2) is 48.7 Å². The molecule has 0 aliphatic heterocycles. The highest BCUT2D eigenvalue weighted by atomic mass is 28.2. The molecule has 1 heterocycles. The lowest BCUT2D eigenvalue weighted by Gasteiger charge is -2.11. The predicted molar refractivity (Wildman–Crippen MR) is 73.8 cm³/mol. The van der Waals surface area contributed by atoms with Gasteiger partial charge in [0.2, 0.25) is 5.88 Å². The molecular weight excluding hydrogens is 226 g/mol. The van der Waals surface area contributed by atoms with E-state index in [2.05, 4.69) is 48.3 Å². The molecule has 0 unspecified atom stereocenters. The fraction of sp³-hybridized carbons (Fsp3) is 0.214. The Bertz CT molecular complexity index is 455. The summed E-state index contributed by atoms with van der Waals surface area (Å²) in [7, 11) is 1.36. The lowest BCUT2D eigenvalue weighted by atomic mass is 10.2. The zero-order chi connectivity index (χ0) is 12.1. The van der Waals surface area contributed by atoms with Gasteiger partial charge in [-0.05, 0) is 11.1 Å². The van der Waals surface area contributed by atoms with Crippen LogP contribution in [0.4, 0.5) is 0 Å². The minimum atomic E-state index is -0.285. The first kappa shape index (κ1) is 11.9. The van der Waals surface area contributed by atoms with Crippen LogP contribution in [0.5, 0.6) is 5.88 Å². The van der Waals surface area contributed by atoms with E-state index in [-0.39, 0.29) is 9.52 Å². The largest absolute Gasteiger partial charge is 0.481 e. The lowest BCUT2D eigenvalue weighted by Crippen LogP contribution is -2.19. The second-order valence-electron chi connectivity index (χ2n) is 4.22. The Morgan fingerprint density at radius 1 is 1.12 bits per heavy atom. The van der Waals surface area contributed by atoms with Crippen LogP contribution < -0.4 is 9.92 Å². The Labute approximate surface area is 104 Å². The zero-order valence-corrected chi connectivity index (χ0v) is 11.7. The maximum absolute atomic E-state index is 5.07. The molecule has 88 valence electrons. The highest BCUT2D eigenvalue weighted by Crippen LogP contribution is 2.15. The number of hydrogen-bond donors (Lipinski definition) is 0. The summed E-state index contributed by atoms with van der Waals surface area (Å²) in [5.41, 5.74) is 1.91. The summed E-state index contributed by atoms with van der Waals surface area (Å²) in [5, 5.41) is 1.50. The highest BCUT2D eigenvalue weighted by molar-refractivity contribution is 6.54. The number of hydrogen-bond acceptors (Lipinski definition) is 2. The van der Waals surface area contributed by atoms with Gasteiger partial charge in [0.1, 0.15) is 0 Å². The first-order valence-electron chi connectivity index (χ1n) is 5.83. The highest BCUT2D eigenvalue weighted by Gasteiger charge is 2.07. The number of nitrogens with zero attached hydrogens (tertiary/aromatic N) is 1. The van der Waals surface area contributed by atoms with Crippen molar-refractivity contribution in [2.24, 2.45) is 0 Å². The third-order valence-corrected chi connectivity index (χ3v) is 4.95. The van der Waals surface area contributed by atoms with Crippen molar-refractivity contribution in [3.8, 4) is 5.88 Å². The van der Waals surface area contributed by atoms with Crippen molar-refractivity contribution in [3.05, 3.63) is 54.2 Å². The number of rotatable bonds is 4. The molecule has 0 radical (unpaired) electrons. The average Bonchev–Trinajstić information content (AvgIpc) is 2.40. The molecule has 3 heteroatoms. The average molecular weight is 243 g/mol. The van der Waals surface area contributed by atoms with Crippen LogP contribution in [0.25, 0.3) is 0 Å². The molecule has 0 fully saturated rings. The lowest BCUT2D eigenvalue weighted by molar-refractivity contribution is 0.397. The minimum Gasteiger partial charge on any atom is -0.481 e.